The monoisotopic (exact) mass is 251 g/mol. The highest BCUT2D eigenvalue weighted by Crippen LogP contribution is 2.21. The first-order valence-electron chi connectivity index (χ1n) is 6.38. The van der Waals surface area contributed by atoms with E-state index in [1.807, 2.05) is 18.2 Å². The van der Waals surface area contributed by atoms with Gasteiger partial charge in [0, 0.05) is 5.46 Å². The van der Waals surface area contributed by atoms with E-state index in [2.05, 4.69) is 36.3 Å². The summed E-state index contributed by atoms with van der Waals surface area (Å²) in [4.78, 5) is 0. The topological polar surface area (TPSA) is 41.8 Å². The highest BCUT2D eigenvalue weighted by atomic mass is 16.6. The molecular weight excluding hydrogens is 237 g/mol. The Morgan fingerprint density at radius 2 is 1.84 bits per heavy atom. The molecule has 2 aromatic carbocycles. The van der Waals surface area contributed by atoms with Crippen LogP contribution < -0.4 is 5.46 Å². The molecule has 4 heteroatoms. The summed E-state index contributed by atoms with van der Waals surface area (Å²) in [5, 5.41) is 13.3. The van der Waals surface area contributed by atoms with Gasteiger partial charge in [-0.25, -0.2) is 0 Å². The smallest absolute Gasteiger partial charge is 0.427 e. The predicted octanol–water partition coefficient (Wildman–Crippen LogP) is 1.97. The molecule has 1 aliphatic heterocycles. The summed E-state index contributed by atoms with van der Waals surface area (Å²) >= 11 is 0. The lowest BCUT2D eigenvalue weighted by atomic mass is 9.75. The molecule has 0 unspecified atom stereocenters. The van der Waals surface area contributed by atoms with Gasteiger partial charge in [0.25, 0.3) is 0 Å². The molecule has 0 fully saturated rings. The molecule has 1 aliphatic rings. The summed E-state index contributed by atoms with van der Waals surface area (Å²) in [5.74, 6) is 0. The van der Waals surface area contributed by atoms with Gasteiger partial charge >= 0.3 is 7.12 Å². The van der Waals surface area contributed by atoms with E-state index in [4.69, 9.17) is 4.76 Å². The Balaban J connectivity index is 2.00. The minimum absolute atomic E-state index is 0.754. The van der Waals surface area contributed by atoms with Gasteiger partial charge < -0.3 is 9.78 Å². The van der Waals surface area contributed by atoms with Gasteiger partial charge in [-0.15, -0.1) is 5.16 Å². The molecule has 1 heterocycles. The second-order valence-corrected chi connectivity index (χ2v) is 4.59. The average molecular weight is 251 g/mol. The number of aryl methyl sites for hydroxylation is 1. The van der Waals surface area contributed by atoms with E-state index in [0.717, 1.165) is 28.6 Å². The summed E-state index contributed by atoms with van der Waals surface area (Å²) in [6.45, 7) is 2.14. The Labute approximate surface area is 112 Å². The third kappa shape index (κ3) is 2.27. The molecule has 0 atom stereocenters. The average Bonchev–Trinajstić information content (AvgIpc) is 2.47. The van der Waals surface area contributed by atoms with Crippen LogP contribution in [0.25, 0.3) is 11.1 Å². The molecule has 3 nitrogen and oxygen atoms in total. The van der Waals surface area contributed by atoms with Gasteiger partial charge in [-0.1, -0.05) is 43.3 Å². The van der Waals surface area contributed by atoms with Gasteiger partial charge in [0.2, 0.25) is 0 Å². The maximum atomic E-state index is 9.66. The largest absolute Gasteiger partial charge is 0.583 e. The van der Waals surface area contributed by atoms with Crippen molar-refractivity contribution in [3.05, 3.63) is 53.6 Å². The second-order valence-electron chi connectivity index (χ2n) is 4.59. The van der Waals surface area contributed by atoms with Gasteiger partial charge in [-0.2, -0.15) is 0 Å². The molecule has 0 amide bonds. The van der Waals surface area contributed by atoms with Crippen LogP contribution >= 0.6 is 0 Å². The number of hydrogen-bond donors (Lipinski definition) is 1. The highest BCUT2D eigenvalue weighted by molar-refractivity contribution is 6.62. The summed E-state index contributed by atoms with van der Waals surface area (Å²) in [5.41, 5.74) is 5.25. The summed E-state index contributed by atoms with van der Waals surface area (Å²) in [6, 6.07) is 14.4. The van der Waals surface area contributed by atoms with Crippen molar-refractivity contribution in [2.24, 2.45) is 5.16 Å². The minimum atomic E-state index is -0.962. The first-order chi connectivity index (χ1) is 9.28. The number of fused-ring (bicyclic) bond motifs is 1. The van der Waals surface area contributed by atoms with E-state index >= 15 is 0 Å². The lowest BCUT2D eigenvalue weighted by molar-refractivity contribution is 0.286. The zero-order chi connectivity index (χ0) is 13.2. The standard InChI is InChI=1S/C15H14BNO2/c1-2-11-3-5-12(6-4-11)13-7-8-15-14(9-13)10-17-19-16(15)18/h3-10,18H,2H2,1H3. The molecule has 0 aromatic heterocycles. The van der Waals surface area contributed by atoms with E-state index in [0.29, 0.717) is 0 Å². The maximum Gasteiger partial charge on any atom is 0.583 e. The molecule has 0 bridgehead atoms. The normalized spacial score (nSPS) is 13.1. The Bertz CT molecular complexity index is 623. The molecule has 0 saturated heterocycles. The zero-order valence-corrected chi connectivity index (χ0v) is 10.7. The van der Waals surface area contributed by atoms with Gasteiger partial charge in [0.15, 0.2) is 0 Å². The second kappa shape index (κ2) is 4.90. The lowest BCUT2D eigenvalue weighted by Gasteiger charge is -2.14. The molecule has 0 radical (unpaired) electrons. The Hall–Kier alpha value is -2.07. The summed E-state index contributed by atoms with van der Waals surface area (Å²) in [6.07, 6.45) is 2.67. The van der Waals surface area contributed by atoms with Crippen molar-refractivity contribution in [3.8, 4) is 11.1 Å². The highest BCUT2D eigenvalue weighted by Gasteiger charge is 2.24. The molecule has 2 aromatic rings. The quantitative estimate of drug-likeness (QED) is 0.829. The SMILES string of the molecule is CCc1ccc(-c2ccc3c(c2)C=NOB3O)cc1. The molecule has 19 heavy (non-hydrogen) atoms. The first kappa shape index (κ1) is 12.0. The number of nitrogens with zero attached hydrogens (tertiary/aromatic N) is 1. The first-order valence-corrected chi connectivity index (χ1v) is 6.38. The van der Waals surface area contributed by atoms with Crippen molar-refractivity contribution in [1.29, 1.82) is 0 Å². The van der Waals surface area contributed by atoms with Crippen molar-refractivity contribution in [3.63, 3.8) is 0 Å². The van der Waals surface area contributed by atoms with Crippen LogP contribution in [0.5, 0.6) is 0 Å². The van der Waals surface area contributed by atoms with Gasteiger partial charge in [-0.05, 0) is 34.7 Å². The zero-order valence-electron chi connectivity index (χ0n) is 10.7. The van der Waals surface area contributed by atoms with Crippen LogP contribution in [0.2, 0.25) is 0 Å². The minimum Gasteiger partial charge on any atom is -0.427 e. The van der Waals surface area contributed by atoms with Gasteiger partial charge in [0.05, 0.1) is 6.21 Å². The van der Waals surface area contributed by atoms with Crippen molar-refractivity contribution in [2.45, 2.75) is 13.3 Å². The van der Waals surface area contributed by atoms with E-state index in [-0.39, 0.29) is 0 Å². The number of oxime groups is 1. The lowest BCUT2D eigenvalue weighted by Crippen LogP contribution is -2.37. The van der Waals surface area contributed by atoms with Crippen LogP contribution in [0.1, 0.15) is 18.1 Å². The van der Waals surface area contributed by atoms with Crippen LogP contribution in [0.15, 0.2) is 47.6 Å². The van der Waals surface area contributed by atoms with Crippen molar-refractivity contribution < 1.29 is 9.78 Å². The predicted molar refractivity (Wildman–Crippen MR) is 77.5 cm³/mol. The number of hydrogen-bond acceptors (Lipinski definition) is 3. The van der Waals surface area contributed by atoms with E-state index in [1.165, 1.54) is 5.56 Å². The van der Waals surface area contributed by atoms with Gasteiger partial charge in [-0.3, -0.25) is 0 Å². The van der Waals surface area contributed by atoms with E-state index in [1.54, 1.807) is 6.21 Å². The van der Waals surface area contributed by atoms with Crippen LogP contribution in [0.4, 0.5) is 0 Å². The van der Waals surface area contributed by atoms with Crippen molar-refractivity contribution in [1.82, 2.24) is 0 Å². The Morgan fingerprint density at radius 3 is 2.58 bits per heavy atom. The fraction of sp³-hybridized carbons (Fsp3) is 0.133. The maximum absolute atomic E-state index is 9.66. The number of rotatable bonds is 2. The molecule has 1 N–H and O–H groups in total. The molecule has 0 saturated carbocycles. The van der Waals surface area contributed by atoms with Crippen LogP contribution in [-0.2, 0) is 11.2 Å². The third-order valence-electron chi connectivity index (χ3n) is 3.40. The molecule has 3 rings (SSSR count). The summed E-state index contributed by atoms with van der Waals surface area (Å²) in [7, 11) is -0.962. The molecule has 0 aliphatic carbocycles. The molecule has 0 spiro atoms. The number of benzene rings is 2. The van der Waals surface area contributed by atoms with E-state index in [9.17, 15) is 5.02 Å². The van der Waals surface area contributed by atoms with E-state index < -0.39 is 7.12 Å². The molecule has 94 valence electrons. The fourth-order valence-electron chi connectivity index (χ4n) is 2.23. The summed E-state index contributed by atoms with van der Waals surface area (Å²) < 4.78 is 4.81. The van der Waals surface area contributed by atoms with Crippen LogP contribution in [-0.4, -0.2) is 18.4 Å². The molecular formula is C15H14BNO2. The van der Waals surface area contributed by atoms with Crippen LogP contribution in [0.3, 0.4) is 0 Å². The van der Waals surface area contributed by atoms with Crippen molar-refractivity contribution >= 4 is 18.8 Å². The van der Waals surface area contributed by atoms with Gasteiger partial charge in [0.1, 0.15) is 0 Å². The fourth-order valence-corrected chi connectivity index (χ4v) is 2.23. The van der Waals surface area contributed by atoms with Crippen LogP contribution in [0, 0.1) is 0 Å². The Morgan fingerprint density at radius 1 is 1.11 bits per heavy atom. The Kier molecular flexibility index (Phi) is 3.09. The third-order valence-corrected chi connectivity index (χ3v) is 3.40. The van der Waals surface area contributed by atoms with Crippen molar-refractivity contribution in [2.75, 3.05) is 0 Å².